The molecule has 6 nitrogen and oxygen atoms in total. The molecule has 0 aliphatic carbocycles. The van der Waals surface area contributed by atoms with E-state index in [0.717, 1.165) is 23.4 Å². The van der Waals surface area contributed by atoms with Gasteiger partial charge in [0, 0.05) is 23.6 Å². The van der Waals surface area contributed by atoms with E-state index in [2.05, 4.69) is 15.5 Å². The van der Waals surface area contributed by atoms with Gasteiger partial charge in [-0.1, -0.05) is 35.9 Å². The number of nitrogens with one attached hydrogen (secondary N) is 2. The number of benzene rings is 2. The Labute approximate surface area is 179 Å². The lowest BCUT2D eigenvalue weighted by Gasteiger charge is -2.13. The van der Waals surface area contributed by atoms with Crippen LogP contribution in [0.2, 0.25) is 5.02 Å². The van der Waals surface area contributed by atoms with Crippen LogP contribution in [-0.2, 0) is 11.0 Å². The quantitative estimate of drug-likeness (QED) is 0.502. The van der Waals surface area contributed by atoms with E-state index in [1.54, 1.807) is 0 Å². The molecule has 0 saturated heterocycles. The predicted molar refractivity (Wildman–Crippen MR) is 107 cm³/mol. The molecule has 1 heterocycles. The van der Waals surface area contributed by atoms with Gasteiger partial charge in [-0.25, -0.2) is 4.39 Å². The number of hydrogen-bond acceptors (Lipinski definition) is 3. The lowest BCUT2D eigenvalue weighted by atomic mass is 10.0. The molecule has 0 saturated carbocycles. The number of primary amides is 1. The van der Waals surface area contributed by atoms with Crippen molar-refractivity contribution in [3.8, 4) is 11.3 Å². The largest absolute Gasteiger partial charge is 0.417 e. The minimum atomic E-state index is -4.82. The van der Waals surface area contributed by atoms with E-state index in [9.17, 15) is 27.2 Å². The van der Waals surface area contributed by atoms with Crippen molar-refractivity contribution in [1.82, 2.24) is 15.5 Å². The van der Waals surface area contributed by atoms with Crippen LogP contribution in [0, 0.1) is 5.82 Å². The van der Waals surface area contributed by atoms with Gasteiger partial charge < -0.3 is 11.1 Å². The third-order valence-corrected chi connectivity index (χ3v) is 4.10. The molecular formula is C20H17ClF4N4O2. The summed E-state index contributed by atoms with van der Waals surface area (Å²) < 4.78 is 53.3. The van der Waals surface area contributed by atoms with Gasteiger partial charge in [0.2, 0.25) is 5.91 Å². The molecule has 11 heteroatoms. The second kappa shape index (κ2) is 10.6. The van der Waals surface area contributed by atoms with Crippen molar-refractivity contribution < 1.29 is 27.2 Å². The first-order valence-corrected chi connectivity index (χ1v) is 9.15. The summed E-state index contributed by atoms with van der Waals surface area (Å²) in [4.78, 5) is 22.7. The van der Waals surface area contributed by atoms with Crippen molar-refractivity contribution in [3.63, 3.8) is 0 Å². The molecule has 2 amide bonds. The summed E-state index contributed by atoms with van der Waals surface area (Å²) in [5.74, 6) is -2.62. The van der Waals surface area contributed by atoms with Crippen LogP contribution in [0.1, 0.15) is 22.3 Å². The molecule has 2 aromatic carbocycles. The minimum absolute atomic E-state index is 0.109. The van der Waals surface area contributed by atoms with Crippen LogP contribution in [0.4, 0.5) is 17.6 Å². The maximum absolute atomic E-state index is 14.0. The number of nitrogens with two attached hydrogens (primary N) is 1. The number of alkyl halides is 3. The van der Waals surface area contributed by atoms with Crippen molar-refractivity contribution in [2.45, 2.75) is 12.6 Å². The average molecular weight is 457 g/mol. The molecule has 3 rings (SSSR count). The van der Waals surface area contributed by atoms with Gasteiger partial charge in [0.05, 0.1) is 23.0 Å². The Morgan fingerprint density at radius 3 is 2.32 bits per heavy atom. The van der Waals surface area contributed by atoms with Gasteiger partial charge in [0.25, 0.3) is 5.91 Å². The topological polar surface area (TPSA) is 101 Å². The van der Waals surface area contributed by atoms with Gasteiger partial charge in [-0.2, -0.15) is 18.3 Å². The molecule has 3 aromatic rings. The van der Waals surface area contributed by atoms with E-state index in [-0.39, 0.29) is 18.5 Å². The SMILES string of the molecule is Clc1ccccc1.NC(=O)CCNC(=O)c1cn[nH]c1-c1c(F)cccc1C(F)(F)F. The molecule has 0 radical (unpaired) electrons. The third kappa shape index (κ3) is 6.82. The number of carbonyl (C=O) groups excluding carboxylic acids is 2. The Hall–Kier alpha value is -3.40. The summed E-state index contributed by atoms with van der Waals surface area (Å²) in [5, 5.41) is 8.82. The lowest BCUT2D eigenvalue weighted by Crippen LogP contribution is -2.28. The standard InChI is InChI=1S/C14H12F4N4O2.C6H5Cl/c15-9-3-1-2-8(14(16,17)18)11(9)12-7(6-21-22-12)13(24)20-5-4-10(19)23;7-6-4-2-1-3-5-6/h1-3,6H,4-5H2,(H2,19,23)(H,20,24)(H,21,22);1-5H. The molecule has 1 aromatic heterocycles. The Morgan fingerprint density at radius 1 is 1.10 bits per heavy atom. The van der Waals surface area contributed by atoms with Crippen LogP contribution in [0.5, 0.6) is 0 Å². The summed E-state index contributed by atoms with van der Waals surface area (Å²) in [5.41, 5.74) is 2.19. The molecule has 31 heavy (non-hydrogen) atoms. The number of amides is 2. The molecule has 0 atom stereocenters. The maximum atomic E-state index is 14.0. The van der Waals surface area contributed by atoms with Crippen molar-refractivity contribution in [2.75, 3.05) is 6.54 Å². The highest BCUT2D eigenvalue weighted by Gasteiger charge is 2.36. The number of aromatic amines is 1. The van der Waals surface area contributed by atoms with E-state index in [1.807, 2.05) is 30.3 Å². The molecule has 4 N–H and O–H groups in total. The van der Waals surface area contributed by atoms with Gasteiger partial charge in [0.15, 0.2) is 0 Å². The number of carbonyl (C=O) groups is 2. The van der Waals surface area contributed by atoms with Gasteiger partial charge in [-0.05, 0) is 24.3 Å². The van der Waals surface area contributed by atoms with Gasteiger partial charge in [-0.3, -0.25) is 14.7 Å². The zero-order valence-electron chi connectivity index (χ0n) is 15.8. The van der Waals surface area contributed by atoms with Crippen LogP contribution in [-0.4, -0.2) is 28.6 Å². The highest BCUT2D eigenvalue weighted by molar-refractivity contribution is 6.30. The second-order valence-corrected chi connectivity index (χ2v) is 6.52. The van der Waals surface area contributed by atoms with Crippen LogP contribution in [0.15, 0.2) is 54.7 Å². The first-order valence-electron chi connectivity index (χ1n) is 8.77. The molecule has 164 valence electrons. The van der Waals surface area contributed by atoms with Crippen LogP contribution < -0.4 is 11.1 Å². The first-order chi connectivity index (χ1) is 14.6. The van der Waals surface area contributed by atoms with E-state index >= 15 is 0 Å². The van der Waals surface area contributed by atoms with Gasteiger partial charge >= 0.3 is 6.18 Å². The highest BCUT2D eigenvalue weighted by Crippen LogP contribution is 2.38. The monoisotopic (exact) mass is 456 g/mol. The average Bonchev–Trinajstić information content (AvgIpc) is 3.17. The Bertz CT molecular complexity index is 1040. The highest BCUT2D eigenvalue weighted by atomic mass is 35.5. The van der Waals surface area contributed by atoms with Crippen molar-refractivity contribution in [3.05, 3.63) is 76.7 Å². The zero-order chi connectivity index (χ0) is 23.0. The predicted octanol–water partition coefficient (Wildman–Crippen LogP) is 4.18. The fourth-order valence-corrected chi connectivity index (χ4v) is 2.62. The van der Waals surface area contributed by atoms with E-state index in [1.165, 1.54) is 0 Å². The molecular weight excluding hydrogens is 440 g/mol. The smallest absolute Gasteiger partial charge is 0.370 e. The number of hydrogen-bond donors (Lipinski definition) is 3. The molecule has 0 spiro atoms. The number of H-pyrrole nitrogens is 1. The van der Waals surface area contributed by atoms with Crippen LogP contribution in [0.25, 0.3) is 11.3 Å². The number of nitrogens with zero attached hydrogens (tertiary/aromatic N) is 1. The van der Waals surface area contributed by atoms with E-state index in [4.69, 9.17) is 17.3 Å². The molecule has 0 aliphatic heterocycles. The summed E-state index contributed by atoms with van der Waals surface area (Å²) in [6, 6.07) is 11.9. The normalized spacial score (nSPS) is 10.7. The fourth-order valence-electron chi connectivity index (χ4n) is 2.47. The summed E-state index contributed by atoms with van der Waals surface area (Å²) in [6.07, 6.45) is -3.99. The third-order valence-electron chi connectivity index (χ3n) is 3.84. The molecule has 0 aliphatic rings. The van der Waals surface area contributed by atoms with Gasteiger partial charge in [-0.15, -0.1) is 0 Å². The molecule has 0 bridgehead atoms. The first kappa shape index (κ1) is 23.9. The van der Waals surface area contributed by atoms with E-state index < -0.39 is 40.6 Å². The minimum Gasteiger partial charge on any atom is -0.370 e. The Morgan fingerprint density at radius 2 is 1.77 bits per heavy atom. The maximum Gasteiger partial charge on any atom is 0.417 e. The Balaban J connectivity index is 0.000000412. The zero-order valence-corrected chi connectivity index (χ0v) is 16.6. The van der Waals surface area contributed by atoms with Crippen LogP contribution in [0.3, 0.4) is 0 Å². The number of aromatic nitrogens is 2. The van der Waals surface area contributed by atoms with Crippen molar-refractivity contribution >= 4 is 23.4 Å². The number of rotatable bonds is 5. The van der Waals surface area contributed by atoms with Crippen molar-refractivity contribution in [1.29, 1.82) is 0 Å². The fraction of sp³-hybridized carbons (Fsp3) is 0.150. The summed E-state index contributed by atoms with van der Waals surface area (Å²) in [6.45, 7) is -0.109. The second-order valence-electron chi connectivity index (χ2n) is 6.09. The molecule has 0 fully saturated rings. The van der Waals surface area contributed by atoms with Crippen molar-refractivity contribution in [2.24, 2.45) is 5.73 Å². The number of halogens is 5. The lowest BCUT2D eigenvalue weighted by molar-refractivity contribution is -0.137. The van der Waals surface area contributed by atoms with Gasteiger partial charge in [0.1, 0.15) is 5.82 Å². The summed E-state index contributed by atoms with van der Waals surface area (Å²) >= 11 is 5.54. The Kier molecular flexibility index (Phi) is 8.14. The van der Waals surface area contributed by atoms with E-state index in [0.29, 0.717) is 6.07 Å². The summed E-state index contributed by atoms with van der Waals surface area (Å²) in [7, 11) is 0. The van der Waals surface area contributed by atoms with Crippen LogP contribution >= 0.6 is 11.6 Å². The molecule has 0 unspecified atom stereocenters.